The van der Waals surface area contributed by atoms with Gasteiger partial charge in [0.15, 0.2) is 0 Å². The van der Waals surface area contributed by atoms with Crippen LogP contribution in [0, 0.1) is 10.1 Å². The van der Waals surface area contributed by atoms with Crippen molar-refractivity contribution in [3.8, 4) is 0 Å². The summed E-state index contributed by atoms with van der Waals surface area (Å²) in [5, 5.41) is 18.1. The van der Waals surface area contributed by atoms with Gasteiger partial charge in [0, 0.05) is 23.2 Å². The second kappa shape index (κ2) is 4.32. The van der Waals surface area contributed by atoms with Gasteiger partial charge in [0.05, 0.1) is 10.5 Å². The van der Waals surface area contributed by atoms with Crippen molar-refractivity contribution in [1.82, 2.24) is 10.3 Å². The summed E-state index contributed by atoms with van der Waals surface area (Å²) < 4.78 is 0. The minimum atomic E-state index is -0.500. The van der Waals surface area contributed by atoms with Crippen LogP contribution in [0.3, 0.4) is 0 Å². The van der Waals surface area contributed by atoms with Crippen LogP contribution in [0.2, 0.25) is 0 Å². The van der Waals surface area contributed by atoms with Crippen LogP contribution in [0.1, 0.15) is 22.1 Å². The molecule has 3 rings (SSSR count). The van der Waals surface area contributed by atoms with Crippen molar-refractivity contribution in [3.05, 3.63) is 51.0 Å². The van der Waals surface area contributed by atoms with Gasteiger partial charge in [-0.2, -0.15) is 0 Å². The SMILES string of the molecule is O=C1N[C@H](c2csc([N+](=O)[O-])c2)Nc2ncccc21. The van der Waals surface area contributed by atoms with E-state index in [9.17, 15) is 14.9 Å². The molecule has 0 radical (unpaired) electrons. The van der Waals surface area contributed by atoms with Crippen molar-refractivity contribution in [2.45, 2.75) is 6.17 Å². The summed E-state index contributed by atoms with van der Waals surface area (Å²) >= 11 is 1.02. The minimum absolute atomic E-state index is 0.0397. The zero-order valence-electron chi connectivity index (χ0n) is 9.49. The molecule has 0 unspecified atom stereocenters. The fraction of sp³-hybridized carbons (Fsp3) is 0.0909. The summed E-state index contributed by atoms with van der Waals surface area (Å²) in [6, 6.07) is 4.78. The maximum absolute atomic E-state index is 11.9. The van der Waals surface area contributed by atoms with Crippen molar-refractivity contribution in [2.75, 3.05) is 5.32 Å². The predicted octanol–water partition coefficient (Wildman–Crippen LogP) is 1.91. The van der Waals surface area contributed by atoms with Crippen LogP contribution < -0.4 is 10.6 Å². The van der Waals surface area contributed by atoms with Crippen LogP contribution in [-0.2, 0) is 0 Å². The summed E-state index contributed by atoms with van der Waals surface area (Å²) in [6.07, 6.45) is 1.08. The number of pyridine rings is 1. The summed E-state index contributed by atoms with van der Waals surface area (Å²) in [6.45, 7) is 0. The van der Waals surface area contributed by atoms with E-state index in [0.717, 1.165) is 11.3 Å². The molecule has 0 fully saturated rings. The van der Waals surface area contributed by atoms with E-state index in [1.165, 1.54) is 6.07 Å². The lowest BCUT2D eigenvalue weighted by molar-refractivity contribution is -0.380. The van der Waals surface area contributed by atoms with Gasteiger partial charge in [-0.1, -0.05) is 11.3 Å². The molecule has 8 heteroatoms. The van der Waals surface area contributed by atoms with Gasteiger partial charge >= 0.3 is 5.00 Å². The number of aromatic nitrogens is 1. The van der Waals surface area contributed by atoms with Gasteiger partial charge in [0.2, 0.25) is 0 Å². The third-order valence-electron chi connectivity index (χ3n) is 2.73. The number of carbonyl (C=O) groups excluding carboxylic acids is 1. The van der Waals surface area contributed by atoms with Crippen molar-refractivity contribution < 1.29 is 9.72 Å². The van der Waals surface area contributed by atoms with Gasteiger partial charge in [-0.3, -0.25) is 14.9 Å². The van der Waals surface area contributed by atoms with E-state index in [1.807, 2.05) is 0 Å². The lowest BCUT2D eigenvalue weighted by atomic mass is 10.1. The monoisotopic (exact) mass is 276 g/mol. The Hall–Kier alpha value is -2.48. The van der Waals surface area contributed by atoms with E-state index in [4.69, 9.17) is 0 Å². The predicted molar refractivity (Wildman–Crippen MR) is 69.0 cm³/mol. The molecule has 96 valence electrons. The molecular weight excluding hydrogens is 268 g/mol. The Kier molecular flexibility index (Phi) is 2.64. The third kappa shape index (κ3) is 2.02. The van der Waals surface area contributed by atoms with Crippen LogP contribution in [0.5, 0.6) is 0 Å². The highest BCUT2D eigenvalue weighted by Gasteiger charge is 2.27. The first-order valence-electron chi connectivity index (χ1n) is 5.40. The van der Waals surface area contributed by atoms with E-state index in [1.54, 1.807) is 23.7 Å². The maximum atomic E-state index is 11.9. The highest BCUT2D eigenvalue weighted by Crippen LogP contribution is 2.30. The first kappa shape index (κ1) is 11.6. The number of rotatable bonds is 2. The standard InChI is InChI=1S/C11H8N4O3S/c16-11-7-2-1-3-12-10(7)13-9(14-11)6-4-8(15(17)18)19-5-6/h1-5,9H,(H,12,13)(H,14,16)/t9-/m1/s1. The Morgan fingerprint density at radius 2 is 2.26 bits per heavy atom. The van der Waals surface area contributed by atoms with E-state index in [-0.39, 0.29) is 10.9 Å². The molecular formula is C11H8N4O3S. The molecule has 2 N–H and O–H groups in total. The molecule has 2 aromatic heterocycles. The molecule has 0 bridgehead atoms. The molecule has 0 aromatic carbocycles. The molecule has 1 aliphatic heterocycles. The summed E-state index contributed by atoms with van der Waals surface area (Å²) in [7, 11) is 0. The molecule has 19 heavy (non-hydrogen) atoms. The molecule has 1 amide bonds. The smallest absolute Gasteiger partial charge is 0.324 e. The molecule has 0 spiro atoms. The second-order valence-electron chi connectivity index (χ2n) is 3.93. The van der Waals surface area contributed by atoms with Crippen molar-refractivity contribution >= 4 is 28.1 Å². The fourth-order valence-electron chi connectivity index (χ4n) is 1.84. The Bertz CT molecular complexity index is 669. The summed E-state index contributed by atoms with van der Waals surface area (Å²) in [5.41, 5.74) is 1.10. The van der Waals surface area contributed by atoms with E-state index in [2.05, 4.69) is 15.6 Å². The fourth-order valence-corrected chi connectivity index (χ4v) is 2.59. The van der Waals surface area contributed by atoms with Crippen molar-refractivity contribution in [1.29, 1.82) is 0 Å². The van der Waals surface area contributed by atoms with E-state index >= 15 is 0 Å². The number of fused-ring (bicyclic) bond motifs is 1. The number of hydrogen-bond acceptors (Lipinski definition) is 6. The number of nitrogens with one attached hydrogen (secondary N) is 2. The zero-order valence-corrected chi connectivity index (χ0v) is 10.3. The number of thiophene rings is 1. The largest absolute Gasteiger partial charge is 0.346 e. The number of amides is 1. The molecule has 7 nitrogen and oxygen atoms in total. The Morgan fingerprint density at radius 1 is 1.42 bits per heavy atom. The normalized spacial score (nSPS) is 17.3. The average molecular weight is 276 g/mol. The zero-order chi connectivity index (χ0) is 13.4. The molecule has 2 aromatic rings. The number of carbonyl (C=O) groups is 1. The Labute approximate surface area is 111 Å². The minimum Gasteiger partial charge on any atom is -0.346 e. The molecule has 0 saturated heterocycles. The summed E-state index contributed by atoms with van der Waals surface area (Å²) in [4.78, 5) is 26.2. The Balaban J connectivity index is 1.92. The van der Waals surface area contributed by atoms with Gasteiger partial charge in [-0.25, -0.2) is 4.98 Å². The highest BCUT2D eigenvalue weighted by atomic mass is 32.1. The lowest BCUT2D eigenvalue weighted by Gasteiger charge is -2.26. The number of hydrogen-bond donors (Lipinski definition) is 2. The van der Waals surface area contributed by atoms with Gasteiger partial charge < -0.3 is 10.6 Å². The molecule has 1 aliphatic rings. The lowest BCUT2D eigenvalue weighted by Crippen LogP contribution is -2.38. The van der Waals surface area contributed by atoms with Crippen LogP contribution >= 0.6 is 11.3 Å². The maximum Gasteiger partial charge on any atom is 0.324 e. The first-order valence-corrected chi connectivity index (χ1v) is 6.28. The van der Waals surface area contributed by atoms with Crippen LogP contribution in [0.15, 0.2) is 29.8 Å². The second-order valence-corrected chi connectivity index (χ2v) is 4.82. The number of anilines is 1. The van der Waals surface area contributed by atoms with Gasteiger partial charge in [-0.05, 0) is 12.1 Å². The van der Waals surface area contributed by atoms with Crippen molar-refractivity contribution in [2.24, 2.45) is 0 Å². The number of nitrogens with zero attached hydrogens (tertiary/aromatic N) is 2. The molecule has 3 heterocycles. The van der Waals surface area contributed by atoms with Crippen molar-refractivity contribution in [3.63, 3.8) is 0 Å². The molecule has 1 atom stereocenters. The third-order valence-corrected chi connectivity index (χ3v) is 3.63. The van der Waals surface area contributed by atoms with E-state index in [0.29, 0.717) is 16.9 Å². The van der Waals surface area contributed by atoms with Crippen LogP contribution in [-0.4, -0.2) is 15.8 Å². The van der Waals surface area contributed by atoms with Gasteiger partial charge in [-0.15, -0.1) is 0 Å². The quantitative estimate of drug-likeness (QED) is 0.645. The molecule has 0 aliphatic carbocycles. The topological polar surface area (TPSA) is 97.2 Å². The van der Waals surface area contributed by atoms with Crippen LogP contribution in [0.4, 0.5) is 10.8 Å². The van der Waals surface area contributed by atoms with E-state index < -0.39 is 11.1 Å². The number of nitro groups is 1. The highest BCUT2D eigenvalue weighted by molar-refractivity contribution is 7.13. The van der Waals surface area contributed by atoms with Crippen LogP contribution in [0.25, 0.3) is 0 Å². The van der Waals surface area contributed by atoms with Gasteiger partial charge in [0.1, 0.15) is 12.0 Å². The summed E-state index contributed by atoms with van der Waals surface area (Å²) in [5.74, 6) is 0.228. The Morgan fingerprint density at radius 3 is 3.00 bits per heavy atom. The van der Waals surface area contributed by atoms with Gasteiger partial charge in [0.25, 0.3) is 5.91 Å². The average Bonchev–Trinajstić information content (AvgIpc) is 2.88. The molecule has 0 saturated carbocycles. The first-order chi connectivity index (χ1) is 9.15.